The standard InChI is InChI=1S/C15H21N3O2S/c1-2-5-17-14(19)13-12(16)11(10-3-4-10)15(21-13)18-6-8-20-9-7-18/h2,10H,1,3-9,16H2,(H,17,19). The Morgan fingerprint density at radius 1 is 1.48 bits per heavy atom. The average molecular weight is 307 g/mol. The van der Waals surface area contributed by atoms with Crippen molar-refractivity contribution in [1.82, 2.24) is 5.32 Å². The van der Waals surface area contributed by atoms with Crippen LogP contribution in [-0.4, -0.2) is 38.8 Å². The van der Waals surface area contributed by atoms with E-state index in [1.165, 1.54) is 34.7 Å². The number of ether oxygens (including phenoxy) is 1. The highest BCUT2D eigenvalue weighted by Gasteiger charge is 2.34. The third kappa shape index (κ3) is 2.91. The number of morpholine rings is 1. The van der Waals surface area contributed by atoms with Crippen molar-refractivity contribution >= 4 is 27.9 Å². The lowest BCUT2D eigenvalue weighted by atomic mass is 10.1. The number of carbonyl (C=O) groups is 1. The zero-order chi connectivity index (χ0) is 14.8. The van der Waals surface area contributed by atoms with Gasteiger partial charge in [-0.25, -0.2) is 0 Å². The van der Waals surface area contributed by atoms with Crippen LogP contribution >= 0.6 is 11.3 Å². The van der Waals surface area contributed by atoms with Crippen LogP contribution in [0.15, 0.2) is 12.7 Å². The zero-order valence-electron chi connectivity index (χ0n) is 12.1. The van der Waals surface area contributed by atoms with Crippen molar-refractivity contribution < 1.29 is 9.53 Å². The number of amides is 1. The van der Waals surface area contributed by atoms with Gasteiger partial charge in [0, 0.05) is 25.2 Å². The molecule has 0 unspecified atom stereocenters. The molecule has 0 spiro atoms. The first kappa shape index (κ1) is 14.4. The van der Waals surface area contributed by atoms with Crippen molar-refractivity contribution in [3.63, 3.8) is 0 Å². The van der Waals surface area contributed by atoms with Crippen molar-refractivity contribution in [1.29, 1.82) is 0 Å². The number of anilines is 2. The summed E-state index contributed by atoms with van der Waals surface area (Å²) in [6, 6.07) is 0. The minimum absolute atomic E-state index is 0.0983. The number of thiophene rings is 1. The average Bonchev–Trinajstić information content (AvgIpc) is 3.29. The minimum Gasteiger partial charge on any atom is -0.397 e. The molecule has 5 nitrogen and oxygen atoms in total. The molecule has 2 fully saturated rings. The number of rotatable bonds is 5. The zero-order valence-corrected chi connectivity index (χ0v) is 12.9. The lowest BCUT2D eigenvalue weighted by Gasteiger charge is -2.28. The molecule has 21 heavy (non-hydrogen) atoms. The van der Waals surface area contributed by atoms with Crippen LogP contribution < -0.4 is 16.0 Å². The fourth-order valence-electron chi connectivity index (χ4n) is 2.63. The van der Waals surface area contributed by atoms with E-state index in [0.717, 1.165) is 26.3 Å². The van der Waals surface area contributed by atoms with Crippen LogP contribution in [0.2, 0.25) is 0 Å². The molecule has 6 heteroatoms. The summed E-state index contributed by atoms with van der Waals surface area (Å²) in [6.45, 7) is 7.29. The normalized spacial score (nSPS) is 18.6. The fraction of sp³-hybridized carbons (Fsp3) is 0.533. The van der Waals surface area contributed by atoms with E-state index in [1.54, 1.807) is 6.08 Å². The van der Waals surface area contributed by atoms with E-state index < -0.39 is 0 Å². The molecule has 2 heterocycles. The number of hydrogen-bond acceptors (Lipinski definition) is 5. The monoisotopic (exact) mass is 307 g/mol. The van der Waals surface area contributed by atoms with Gasteiger partial charge in [-0.05, 0) is 18.8 Å². The van der Waals surface area contributed by atoms with Gasteiger partial charge in [0.1, 0.15) is 4.88 Å². The van der Waals surface area contributed by atoms with E-state index in [-0.39, 0.29) is 5.91 Å². The molecule has 0 bridgehead atoms. The van der Waals surface area contributed by atoms with Gasteiger partial charge in [0.2, 0.25) is 0 Å². The maximum absolute atomic E-state index is 12.2. The lowest BCUT2D eigenvalue weighted by Crippen LogP contribution is -2.36. The predicted molar refractivity (Wildman–Crippen MR) is 86.3 cm³/mol. The van der Waals surface area contributed by atoms with Crippen LogP contribution in [0.1, 0.15) is 34.0 Å². The van der Waals surface area contributed by atoms with Crippen LogP contribution in [0.5, 0.6) is 0 Å². The first-order chi connectivity index (χ1) is 10.2. The van der Waals surface area contributed by atoms with Gasteiger partial charge in [-0.15, -0.1) is 17.9 Å². The molecule has 3 rings (SSSR count). The molecule has 1 aromatic heterocycles. The van der Waals surface area contributed by atoms with Crippen LogP contribution in [-0.2, 0) is 4.74 Å². The van der Waals surface area contributed by atoms with Crippen molar-refractivity contribution in [3.8, 4) is 0 Å². The molecule has 0 atom stereocenters. The molecular formula is C15H21N3O2S. The van der Waals surface area contributed by atoms with E-state index in [0.29, 0.717) is 23.0 Å². The highest BCUT2D eigenvalue weighted by Crippen LogP contribution is 2.52. The van der Waals surface area contributed by atoms with E-state index >= 15 is 0 Å². The molecule has 2 aliphatic rings. The summed E-state index contributed by atoms with van der Waals surface area (Å²) in [5.41, 5.74) is 8.15. The molecule has 1 saturated carbocycles. The number of nitrogens with zero attached hydrogens (tertiary/aromatic N) is 1. The van der Waals surface area contributed by atoms with Crippen LogP contribution in [0, 0.1) is 0 Å². The van der Waals surface area contributed by atoms with Crippen molar-refractivity contribution in [2.45, 2.75) is 18.8 Å². The molecule has 1 aromatic rings. The van der Waals surface area contributed by atoms with Crippen molar-refractivity contribution in [2.75, 3.05) is 43.5 Å². The molecule has 1 aliphatic carbocycles. The Morgan fingerprint density at radius 3 is 2.81 bits per heavy atom. The summed E-state index contributed by atoms with van der Waals surface area (Å²) in [5.74, 6) is 0.429. The van der Waals surface area contributed by atoms with Gasteiger partial charge < -0.3 is 20.7 Å². The first-order valence-corrected chi connectivity index (χ1v) is 8.18. The number of carbonyl (C=O) groups excluding carboxylic acids is 1. The molecule has 114 valence electrons. The lowest BCUT2D eigenvalue weighted by molar-refractivity contribution is 0.0963. The van der Waals surface area contributed by atoms with Gasteiger partial charge >= 0.3 is 0 Å². The second-order valence-corrected chi connectivity index (χ2v) is 6.44. The van der Waals surface area contributed by atoms with Gasteiger partial charge in [0.05, 0.1) is 23.9 Å². The van der Waals surface area contributed by atoms with Crippen LogP contribution in [0.25, 0.3) is 0 Å². The van der Waals surface area contributed by atoms with E-state index in [2.05, 4.69) is 16.8 Å². The largest absolute Gasteiger partial charge is 0.397 e. The highest BCUT2D eigenvalue weighted by atomic mass is 32.1. The molecule has 0 radical (unpaired) electrons. The van der Waals surface area contributed by atoms with E-state index in [9.17, 15) is 4.79 Å². The Kier molecular flexibility index (Phi) is 4.17. The number of nitrogens with two attached hydrogens (primary N) is 1. The molecular weight excluding hydrogens is 286 g/mol. The summed E-state index contributed by atoms with van der Waals surface area (Å²) in [4.78, 5) is 15.2. The van der Waals surface area contributed by atoms with Gasteiger partial charge in [-0.2, -0.15) is 0 Å². The Bertz CT molecular complexity index is 545. The number of hydrogen-bond donors (Lipinski definition) is 2. The Labute approximate surface area is 128 Å². The minimum atomic E-state index is -0.0983. The maximum atomic E-state index is 12.2. The summed E-state index contributed by atoms with van der Waals surface area (Å²) in [7, 11) is 0. The Morgan fingerprint density at radius 2 is 2.19 bits per heavy atom. The van der Waals surface area contributed by atoms with Crippen molar-refractivity contribution in [2.24, 2.45) is 0 Å². The third-order valence-corrected chi connectivity index (χ3v) is 5.14. The van der Waals surface area contributed by atoms with Crippen LogP contribution in [0.3, 0.4) is 0 Å². The van der Waals surface area contributed by atoms with Gasteiger partial charge in [0.25, 0.3) is 5.91 Å². The summed E-state index contributed by atoms with van der Waals surface area (Å²) < 4.78 is 5.42. The third-order valence-electron chi connectivity index (χ3n) is 3.86. The molecule has 1 aliphatic heterocycles. The highest BCUT2D eigenvalue weighted by molar-refractivity contribution is 7.18. The van der Waals surface area contributed by atoms with E-state index in [4.69, 9.17) is 10.5 Å². The molecule has 3 N–H and O–H groups in total. The topological polar surface area (TPSA) is 67.6 Å². The first-order valence-electron chi connectivity index (χ1n) is 7.36. The Balaban J connectivity index is 1.91. The SMILES string of the molecule is C=CCNC(=O)c1sc(N2CCOCC2)c(C2CC2)c1N. The summed E-state index contributed by atoms with van der Waals surface area (Å²) in [5, 5.41) is 3.99. The molecule has 1 amide bonds. The smallest absolute Gasteiger partial charge is 0.263 e. The van der Waals surface area contributed by atoms with Gasteiger partial charge in [-0.1, -0.05) is 6.08 Å². The second-order valence-electron chi connectivity index (χ2n) is 5.44. The maximum Gasteiger partial charge on any atom is 0.263 e. The second kappa shape index (κ2) is 6.07. The predicted octanol–water partition coefficient (Wildman–Crippen LogP) is 1.96. The van der Waals surface area contributed by atoms with E-state index in [1.807, 2.05) is 0 Å². The van der Waals surface area contributed by atoms with Crippen LogP contribution in [0.4, 0.5) is 10.7 Å². The Hall–Kier alpha value is -1.53. The van der Waals surface area contributed by atoms with Gasteiger partial charge in [-0.3, -0.25) is 4.79 Å². The summed E-state index contributed by atoms with van der Waals surface area (Å²) in [6.07, 6.45) is 4.02. The van der Waals surface area contributed by atoms with Gasteiger partial charge in [0.15, 0.2) is 0 Å². The number of nitrogens with one attached hydrogen (secondary N) is 1. The fourth-order valence-corrected chi connectivity index (χ4v) is 3.90. The summed E-state index contributed by atoms with van der Waals surface area (Å²) >= 11 is 1.52. The van der Waals surface area contributed by atoms with Crippen molar-refractivity contribution in [3.05, 3.63) is 23.1 Å². The quantitative estimate of drug-likeness (QED) is 0.816. The number of nitrogen functional groups attached to an aromatic ring is 1. The molecule has 1 saturated heterocycles. The molecule has 0 aromatic carbocycles.